The quantitative estimate of drug-likeness (QED) is 0.618. The maximum atomic E-state index is 13.0. The monoisotopic (exact) mass is 447 g/mol. The molecule has 1 saturated heterocycles. The Kier molecular flexibility index (Phi) is 7.40. The lowest BCUT2D eigenvalue weighted by Crippen LogP contribution is -2.30. The lowest BCUT2D eigenvalue weighted by atomic mass is 10.1. The van der Waals surface area contributed by atoms with E-state index in [0.29, 0.717) is 38.2 Å². The highest BCUT2D eigenvalue weighted by Crippen LogP contribution is 2.21. The van der Waals surface area contributed by atoms with E-state index in [1.165, 1.54) is 36.4 Å². The fourth-order valence-corrected chi connectivity index (χ4v) is 4.49. The summed E-state index contributed by atoms with van der Waals surface area (Å²) in [4.78, 5) is 26.6. The molecule has 2 aromatic rings. The van der Waals surface area contributed by atoms with Gasteiger partial charge >= 0.3 is 0 Å². The van der Waals surface area contributed by atoms with Crippen molar-refractivity contribution in [1.82, 2.24) is 9.62 Å². The molecule has 1 heterocycles. The first-order chi connectivity index (χ1) is 14.8. The number of carbonyl (C=O) groups excluding carboxylic acids is 2. The molecule has 2 amide bonds. The standard InChI is InChI=1S/C22H26FN3O4S/c1-2-12-24-31(29,30)20-9-7-19(8-10-20)25-22(28)17-14-21(27)26(15-17)13-11-16-3-5-18(23)6-4-16/h3-10,17,24H,2,11-15H2,1H3,(H,25,28)/t17-/m0/s1. The van der Waals surface area contributed by atoms with Crippen molar-refractivity contribution >= 4 is 27.5 Å². The first-order valence-corrected chi connectivity index (χ1v) is 11.7. The zero-order valence-electron chi connectivity index (χ0n) is 17.3. The average Bonchev–Trinajstić information content (AvgIpc) is 3.13. The molecule has 0 radical (unpaired) electrons. The van der Waals surface area contributed by atoms with Crippen LogP contribution in [0.4, 0.5) is 10.1 Å². The smallest absolute Gasteiger partial charge is 0.240 e. The molecule has 0 aromatic heterocycles. The maximum Gasteiger partial charge on any atom is 0.240 e. The number of rotatable bonds is 9. The van der Waals surface area contributed by atoms with Crippen LogP contribution in [0, 0.1) is 11.7 Å². The summed E-state index contributed by atoms with van der Waals surface area (Å²) >= 11 is 0. The molecule has 1 fully saturated rings. The topological polar surface area (TPSA) is 95.6 Å². The van der Waals surface area contributed by atoms with Crippen molar-refractivity contribution < 1.29 is 22.4 Å². The third-order valence-corrected chi connectivity index (χ3v) is 6.62. The summed E-state index contributed by atoms with van der Waals surface area (Å²) in [5.74, 6) is -1.15. The summed E-state index contributed by atoms with van der Waals surface area (Å²) in [6.07, 6.45) is 1.40. The largest absolute Gasteiger partial charge is 0.342 e. The fourth-order valence-electron chi connectivity index (χ4n) is 3.36. The number of anilines is 1. The molecule has 1 aliphatic rings. The van der Waals surface area contributed by atoms with E-state index in [0.717, 1.165) is 5.56 Å². The van der Waals surface area contributed by atoms with Gasteiger partial charge in [0.1, 0.15) is 5.82 Å². The highest BCUT2D eigenvalue weighted by Gasteiger charge is 2.34. The number of nitrogens with zero attached hydrogens (tertiary/aromatic N) is 1. The molecular weight excluding hydrogens is 421 g/mol. The third-order valence-electron chi connectivity index (χ3n) is 5.14. The lowest BCUT2D eigenvalue weighted by Gasteiger charge is -2.16. The molecule has 7 nitrogen and oxygen atoms in total. The van der Waals surface area contributed by atoms with Gasteiger partial charge in [0, 0.05) is 31.7 Å². The molecule has 1 atom stereocenters. The van der Waals surface area contributed by atoms with Gasteiger partial charge in [-0.3, -0.25) is 9.59 Å². The molecule has 3 rings (SSSR count). The zero-order valence-corrected chi connectivity index (χ0v) is 18.1. The van der Waals surface area contributed by atoms with E-state index in [9.17, 15) is 22.4 Å². The summed E-state index contributed by atoms with van der Waals surface area (Å²) in [6, 6.07) is 12.1. The van der Waals surface area contributed by atoms with Crippen molar-refractivity contribution in [3.63, 3.8) is 0 Å². The van der Waals surface area contributed by atoms with Crippen molar-refractivity contribution in [3.05, 3.63) is 59.9 Å². The minimum Gasteiger partial charge on any atom is -0.342 e. The summed E-state index contributed by atoms with van der Waals surface area (Å²) in [5.41, 5.74) is 1.39. The minimum atomic E-state index is -3.56. The second-order valence-electron chi connectivity index (χ2n) is 7.53. The fraction of sp³-hybridized carbons (Fsp3) is 0.364. The van der Waals surface area contributed by atoms with Crippen LogP contribution < -0.4 is 10.0 Å². The number of benzene rings is 2. The Labute approximate surface area is 181 Å². The molecule has 0 saturated carbocycles. The average molecular weight is 448 g/mol. The van der Waals surface area contributed by atoms with Gasteiger partial charge in [-0.05, 0) is 54.8 Å². The molecule has 0 unspecified atom stereocenters. The van der Waals surface area contributed by atoms with Crippen LogP contribution in [0.25, 0.3) is 0 Å². The van der Waals surface area contributed by atoms with Gasteiger partial charge in [0.25, 0.3) is 0 Å². The second-order valence-corrected chi connectivity index (χ2v) is 9.30. The number of nitrogens with one attached hydrogen (secondary N) is 2. The number of hydrogen-bond donors (Lipinski definition) is 2. The summed E-state index contributed by atoms with van der Waals surface area (Å²) in [5, 5.41) is 2.75. The molecule has 9 heteroatoms. The number of likely N-dealkylation sites (tertiary alicyclic amines) is 1. The van der Waals surface area contributed by atoms with E-state index < -0.39 is 15.9 Å². The second kappa shape index (κ2) is 10.0. The van der Waals surface area contributed by atoms with Gasteiger partial charge in [0.2, 0.25) is 21.8 Å². The van der Waals surface area contributed by atoms with Crippen LogP contribution in [-0.4, -0.2) is 44.8 Å². The Balaban J connectivity index is 1.53. The van der Waals surface area contributed by atoms with Crippen LogP contribution >= 0.6 is 0 Å². The van der Waals surface area contributed by atoms with Crippen LogP contribution in [0.15, 0.2) is 53.4 Å². The SMILES string of the molecule is CCCNS(=O)(=O)c1ccc(NC(=O)[C@H]2CC(=O)N(CCc3ccc(F)cc3)C2)cc1. The van der Waals surface area contributed by atoms with Gasteiger partial charge in [-0.1, -0.05) is 19.1 Å². The van der Waals surface area contributed by atoms with Crippen LogP contribution in [-0.2, 0) is 26.0 Å². The van der Waals surface area contributed by atoms with Crippen molar-refractivity contribution in [3.8, 4) is 0 Å². The summed E-state index contributed by atoms with van der Waals surface area (Å²) in [6.45, 7) is 3.01. The Morgan fingerprint density at radius 1 is 1.13 bits per heavy atom. The Hall–Kier alpha value is -2.78. The van der Waals surface area contributed by atoms with Crippen molar-refractivity contribution in [2.45, 2.75) is 31.1 Å². The number of sulfonamides is 1. The molecule has 2 N–H and O–H groups in total. The van der Waals surface area contributed by atoms with E-state index >= 15 is 0 Å². The molecule has 0 aliphatic carbocycles. The van der Waals surface area contributed by atoms with E-state index in [1.807, 2.05) is 6.92 Å². The van der Waals surface area contributed by atoms with Crippen LogP contribution in [0.1, 0.15) is 25.3 Å². The Morgan fingerprint density at radius 3 is 2.45 bits per heavy atom. The number of hydrogen-bond acceptors (Lipinski definition) is 4. The normalized spacial score (nSPS) is 16.5. The van der Waals surface area contributed by atoms with Crippen LogP contribution in [0.5, 0.6) is 0 Å². The van der Waals surface area contributed by atoms with E-state index in [-0.39, 0.29) is 28.9 Å². The summed E-state index contributed by atoms with van der Waals surface area (Å²) < 4.78 is 39.7. The van der Waals surface area contributed by atoms with E-state index in [2.05, 4.69) is 10.0 Å². The van der Waals surface area contributed by atoms with Gasteiger partial charge in [0.05, 0.1) is 10.8 Å². The number of halogens is 1. The zero-order chi connectivity index (χ0) is 22.4. The molecule has 31 heavy (non-hydrogen) atoms. The maximum absolute atomic E-state index is 13.0. The minimum absolute atomic E-state index is 0.0919. The van der Waals surface area contributed by atoms with Gasteiger partial charge < -0.3 is 10.2 Å². The molecule has 1 aliphatic heterocycles. The highest BCUT2D eigenvalue weighted by molar-refractivity contribution is 7.89. The van der Waals surface area contributed by atoms with Crippen molar-refractivity contribution in [2.24, 2.45) is 5.92 Å². The first-order valence-electron chi connectivity index (χ1n) is 10.2. The predicted molar refractivity (Wildman–Crippen MR) is 115 cm³/mol. The van der Waals surface area contributed by atoms with Gasteiger partial charge in [-0.15, -0.1) is 0 Å². The Bertz CT molecular complexity index is 1020. The number of amides is 2. The molecule has 166 valence electrons. The van der Waals surface area contributed by atoms with Gasteiger partial charge in [0.15, 0.2) is 0 Å². The number of carbonyl (C=O) groups is 2. The van der Waals surface area contributed by atoms with Gasteiger partial charge in [-0.2, -0.15) is 0 Å². The predicted octanol–water partition coefficient (Wildman–Crippen LogP) is 2.54. The molecule has 0 bridgehead atoms. The Morgan fingerprint density at radius 2 is 1.81 bits per heavy atom. The van der Waals surface area contributed by atoms with Crippen LogP contribution in [0.3, 0.4) is 0 Å². The van der Waals surface area contributed by atoms with E-state index in [4.69, 9.17) is 0 Å². The van der Waals surface area contributed by atoms with Crippen molar-refractivity contribution in [1.29, 1.82) is 0 Å². The molecule has 0 spiro atoms. The molecule has 2 aromatic carbocycles. The van der Waals surface area contributed by atoms with Crippen LogP contribution in [0.2, 0.25) is 0 Å². The first kappa shape index (κ1) is 22.9. The van der Waals surface area contributed by atoms with E-state index in [1.54, 1.807) is 17.0 Å². The third kappa shape index (κ3) is 6.11. The molecular formula is C22H26FN3O4S. The van der Waals surface area contributed by atoms with Crippen molar-refractivity contribution in [2.75, 3.05) is 25.0 Å². The highest BCUT2D eigenvalue weighted by atomic mass is 32.2. The lowest BCUT2D eigenvalue weighted by molar-refractivity contribution is -0.128. The van der Waals surface area contributed by atoms with Gasteiger partial charge in [-0.25, -0.2) is 17.5 Å². The summed E-state index contributed by atoms with van der Waals surface area (Å²) in [7, 11) is -3.56.